The quantitative estimate of drug-likeness (QED) is 0.224. The molecule has 14 heteroatoms. The van der Waals surface area contributed by atoms with Crippen molar-refractivity contribution in [1.29, 1.82) is 5.41 Å². The third kappa shape index (κ3) is 4.39. The van der Waals surface area contributed by atoms with Gasteiger partial charge in [0.1, 0.15) is 36.4 Å². The molecule has 2 aromatic heterocycles. The van der Waals surface area contributed by atoms with Crippen LogP contribution in [0.3, 0.4) is 0 Å². The van der Waals surface area contributed by atoms with Crippen LogP contribution in [0.4, 0.5) is 0 Å². The second-order valence-electron chi connectivity index (χ2n) is 9.90. The third-order valence-electron chi connectivity index (χ3n) is 6.92. The number of hydrogen-bond donors (Lipinski definition) is 4. The van der Waals surface area contributed by atoms with Crippen molar-refractivity contribution in [2.24, 2.45) is 5.92 Å². The highest BCUT2D eigenvalue weighted by molar-refractivity contribution is 7.47. The fourth-order valence-corrected chi connectivity index (χ4v) is 5.27. The third-order valence-corrected chi connectivity index (χ3v) is 7.82. The lowest BCUT2D eigenvalue weighted by Crippen LogP contribution is -2.47. The van der Waals surface area contributed by atoms with Crippen LogP contribution in [0.25, 0.3) is 5.52 Å². The van der Waals surface area contributed by atoms with E-state index in [1.165, 1.54) is 15.4 Å². The van der Waals surface area contributed by atoms with Crippen LogP contribution in [0.15, 0.2) is 48.8 Å². The maximum atomic E-state index is 12.3. The van der Waals surface area contributed by atoms with Crippen LogP contribution in [-0.2, 0) is 46.8 Å². The molecule has 38 heavy (non-hydrogen) atoms. The Kier molecular flexibility index (Phi) is 6.59. The smallest absolute Gasteiger partial charge is 0.456 e. The van der Waals surface area contributed by atoms with Crippen molar-refractivity contribution in [3.8, 4) is 0 Å². The number of aliphatic hydroxyl groups excluding tert-OH is 1. The Morgan fingerprint density at radius 3 is 2.58 bits per heavy atom. The molecule has 1 aromatic carbocycles. The molecular weight excluding hydrogens is 519 g/mol. The number of aliphatic hydroxyl groups is 2. The fourth-order valence-electron chi connectivity index (χ4n) is 4.61. The molecule has 3 aromatic rings. The first kappa shape index (κ1) is 26.7. The number of phosphoric ester groups is 1. The summed E-state index contributed by atoms with van der Waals surface area (Å²) in [6, 6.07) is 12.0. The van der Waals surface area contributed by atoms with Gasteiger partial charge in [0.15, 0.2) is 17.2 Å². The van der Waals surface area contributed by atoms with Gasteiger partial charge in [-0.3, -0.25) is 23.8 Å². The summed E-state index contributed by atoms with van der Waals surface area (Å²) < 4.78 is 36.2. The van der Waals surface area contributed by atoms with Gasteiger partial charge in [0.25, 0.3) is 0 Å². The zero-order valence-corrected chi connectivity index (χ0v) is 21.8. The summed E-state index contributed by atoms with van der Waals surface area (Å²) in [5.41, 5.74) is -1.94. The second-order valence-corrected chi connectivity index (χ2v) is 11.4. The standard InChI is InChI=1S/C24H29N4O9P/c1-14(2)21(29)36-18-19-24(18,31)22(30)23(3,37-19)17-10-9-16-20(25)27(12-26-28(16)17)13-35-38(32,33)34-11-15-7-5-4-6-8-15/h4-10,12,14,18-19,22,25,30-31H,11,13H2,1-3H3,(H,32,33)/t18?,19-,22+,23+,24-/m1/s1. The Morgan fingerprint density at radius 1 is 1.24 bits per heavy atom. The highest BCUT2D eigenvalue weighted by Gasteiger charge is 2.82. The highest BCUT2D eigenvalue weighted by atomic mass is 31.2. The van der Waals surface area contributed by atoms with E-state index in [-0.39, 0.29) is 17.6 Å². The Hall–Kier alpha value is -2.90. The number of esters is 1. The van der Waals surface area contributed by atoms with Crippen LogP contribution < -0.4 is 5.49 Å². The maximum absolute atomic E-state index is 12.3. The van der Waals surface area contributed by atoms with E-state index in [1.807, 2.05) is 6.07 Å². The zero-order chi connectivity index (χ0) is 27.5. The lowest BCUT2D eigenvalue weighted by Gasteiger charge is -2.32. The van der Waals surface area contributed by atoms with Crippen LogP contribution in [0.1, 0.15) is 32.0 Å². The summed E-state index contributed by atoms with van der Waals surface area (Å²) in [6.45, 7) is 4.30. The van der Waals surface area contributed by atoms with Gasteiger partial charge < -0.3 is 24.6 Å². The van der Waals surface area contributed by atoms with Gasteiger partial charge in [-0.2, -0.15) is 5.10 Å². The number of rotatable bonds is 9. The van der Waals surface area contributed by atoms with E-state index in [0.717, 1.165) is 0 Å². The molecule has 1 aliphatic heterocycles. The lowest BCUT2D eigenvalue weighted by molar-refractivity contribution is -0.167. The molecule has 3 heterocycles. The Labute approximate surface area is 217 Å². The summed E-state index contributed by atoms with van der Waals surface area (Å²) in [4.78, 5) is 22.0. The molecule has 204 valence electrons. The normalized spacial score (nSPS) is 29.8. The van der Waals surface area contributed by atoms with E-state index in [9.17, 15) is 24.5 Å². The number of hydrogen-bond acceptors (Lipinski definition) is 10. The molecule has 2 fully saturated rings. The first-order chi connectivity index (χ1) is 17.9. The molecule has 6 atom stereocenters. The number of phosphoric acid groups is 1. The van der Waals surface area contributed by atoms with E-state index in [2.05, 4.69) is 5.10 Å². The average molecular weight is 548 g/mol. The van der Waals surface area contributed by atoms with Crippen LogP contribution in [0.5, 0.6) is 0 Å². The molecule has 5 rings (SSSR count). The van der Waals surface area contributed by atoms with Gasteiger partial charge in [0.05, 0.1) is 18.2 Å². The van der Waals surface area contributed by atoms with Crippen LogP contribution in [0.2, 0.25) is 0 Å². The van der Waals surface area contributed by atoms with Gasteiger partial charge >= 0.3 is 13.8 Å². The first-order valence-corrected chi connectivity index (χ1v) is 13.4. The summed E-state index contributed by atoms with van der Waals surface area (Å²) in [5, 5.41) is 34.8. The SMILES string of the molecule is CC(C)C(=O)OC1[C@H]2O[C@@](C)(c3ccc4c(=N)n(COP(=O)(O)OCc5ccccc5)cnn34)[C@H](O)[C@@]12O. The number of benzene rings is 1. The molecule has 1 saturated heterocycles. The van der Waals surface area contributed by atoms with Crippen molar-refractivity contribution in [2.75, 3.05) is 0 Å². The van der Waals surface area contributed by atoms with E-state index in [4.69, 9.17) is 23.9 Å². The number of nitrogens with one attached hydrogen (secondary N) is 1. The van der Waals surface area contributed by atoms with E-state index in [1.54, 1.807) is 57.2 Å². The number of carbonyl (C=O) groups excluding carboxylic acids is 1. The van der Waals surface area contributed by atoms with Gasteiger partial charge in [0.2, 0.25) is 0 Å². The number of ether oxygens (including phenoxy) is 2. The molecule has 13 nitrogen and oxygen atoms in total. The molecular formula is C24H29N4O9P. The highest BCUT2D eigenvalue weighted by Crippen LogP contribution is 2.59. The summed E-state index contributed by atoms with van der Waals surface area (Å²) in [7, 11) is -4.42. The van der Waals surface area contributed by atoms with Crippen LogP contribution >= 0.6 is 7.82 Å². The Morgan fingerprint density at radius 2 is 1.95 bits per heavy atom. The molecule has 2 aliphatic rings. The largest absolute Gasteiger partial charge is 0.474 e. The minimum Gasteiger partial charge on any atom is -0.456 e. The lowest BCUT2D eigenvalue weighted by atomic mass is 9.91. The average Bonchev–Trinajstić information content (AvgIpc) is 3.17. The van der Waals surface area contributed by atoms with Crippen molar-refractivity contribution in [3.05, 3.63) is 65.5 Å². The fraction of sp³-hybridized carbons (Fsp3) is 0.458. The van der Waals surface area contributed by atoms with E-state index < -0.39 is 56.0 Å². The Balaban J connectivity index is 1.30. The second kappa shape index (κ2) is 9.38. The van der Waals surface area contributed by atoms with Crippen LogP contribution in [0, 0.1) is 11.3 Å². The van der Waals surface area contributed by atoms with Crippen molar-refractivity contribution >= 4 is 19.3 Å². The molecule has 1 aliphatic carbocycles. The van der Waals surface area contributed by atoms with Gasteiger partial charge in [-0.25, -0.2) is 9.08 Å². The van der Waals surface area contributed by atoms with Crippen molar-refractivity contribution in [1.82, 2.24) is 14.2 Å². The predicted molar refractivity (Wildman–Crippen MR) is 129 cm³/mol. The summed E-state index contributed by atoms with van der Waals surface area (Å²) in [6.07, 6.45) is -2.12. The van der Waals surface area contributed by atoms with Gasteiger partial charge in [-0.1, -0.05) is 44.2 Å². The predicted octanol–water partition coefficient (Wildman–Crippen LogP) is 1.19. The van der Waals surface area contributed by atoms with E-state index >= 15 is 0 Å². The number of carbonyl (C=O) groups is 1. The molecule has 0 amide bonds. The molecule has 1 saturated carbocycles. The monoisotopic (exact) mass is 548 g/mol. The summed E-state index contributed by atoms with van der Waals surface area (Å²) >= 11 is 0. The molecule has 2 unspecified atom stereocenters. The first-order valence-electron chi connectivity index (χ1n) is 12.0. The van der Waals surface area contributed by atoms with Crippen molar-refractivity contribution in [3.63, 3.8) is 0 Å². The number of nitrogens with zero attached hydrogens (tertiary/aromatic N) is 3. The zero-order valence-electron chi connectivity index (χ0n) is 20.9. The van der Waals surface area contributed by atoms with Gasteiger partial charge in [-0.15, -0.1) is 0 Å². The molecule has 0 radical (unpaired) electrons. The topological polar surface area (TPSA) is 178 Å². The molecule has 0 spiro atoms. The van der Waals surface area contributed by atoms with Gasteiger partial charge in [-0.05, 0) is 24.6 Å². The van der Waals surface area contributed by atoms with Gasteiger partial charge in [0, 0.05) is 0 Å². The van der Waals surface area contributed by atoms with Crippen LogP contribution in [-0.4, -0.2) is 59.2 Å². The number of aromatic nitrogens is 3. The molecule has 4 N–H and O–H groups in total. The maximum Gasteiger partial charge on any atom is 0.474 e. The Bertz CT molecular complexity index is 1470. The van der Waals surface area contributed by atoms with Crippen molar-refractivity contribution in [2.45, 2.75) is 63.6 Å². The van der Waals surface area contributed by atoms with Crippen molar-refractivity contribution < 1.29 is 43.0 Å². The number of fused-ring (bicyclic) bond motifs is 2. The minimum absolute atomic E-state index is 0.0991. The van der Waals surface area contributed by atoms with E-state index in [0.29, 0.717) is 11.3 Å². The molecule has 0 bridgehead atoms. The summed E-state index contributed by atoms with van der Waals surface area (Å²) in [5.74, 6) is -0.905. The minimum atomic E-state index is -4.42.